The molecule has 3 aromatic carbocycles. The Kier molecular flexibility index (Phi) is 7.13. The molecule has 0 aromatic heterocycles. The topological polar surface area (TPSA) is 119 Å². The number of hydrogen-bond donors (Lipinski definition) is 1. The summed E-state index contributed by atoms with van der Waals surface area (Å²) in [6.45, 7) is 1.84. The van der Waals surface area contributed by atoms with Crippen LogP contribution in [0.1, 0.15) is 11.1 Å². The Morgan fingerprint density at radius 2 is 1.64 bits per heavy atom. The molecule has 4 rings (SSSR count). The molecule has 0 bridgehead atoms. The highest BCUT2D eigenvalue weighted by Crippen LogP contribution is 2.37. The van der Waals surface area contributed by atoms with Gasteiger partial charge in [0.1, 0.15) is 10.5 Å². The zero-order valence-corrected chi connectivity index (χ0v) is 22.0. The summed E-state index contributed by atoms with van der Waals surface area (Å²) in [5.41, 5.74) is 1.28. The third-order valence-electron chi connectivity index (χ3n) is 5.18. The van der Waals surface area contributed by atoms with Crippen LogP contribution in [-0.2, 0) is 19.7 Å². The predicted molar refractivity (Wildman–Crippen MR) is 140 cm³/mol. The normalized spacial score (nSPS) is 15.1. The second kappa shape index (κ2) is 10.1. The number of ether oxygens (including phenoxy) is 1. The molecule has 0 unspecified atom stereocenters. The number of nitrogens with zero attached hydrogens (tertiary/aromatic N) is 1. The fraction of sp³-hybridized carbons (Fsp3) is 0.0800. The van der Waals surface area contributed by atoms with E-state index in [1.807, 2.05) is 29.5 Å². The Labute approximate surface area is 221 Å². The highest BCUT2D eigenvalue weighted by molar-refractivity contribution is 14.1. The predicted octanol–water partition coefficient (Wildman–Crippen LogP) is 4.04. The number of aryl methyl sites for hydroxylation is 1. The summed E-state index contributed by atoms with van der Waals surface area (Å²) < 4.78 is 36.7. The molecule has 1 aliphatic rings. The van der Waals surface area contributed by atoms with Crippen molar-refractivity contribution in [3.8, 4) is 11.5 Å². The molecular formula is C25H19IN2O7S. The zero-order valence-electron chi connectivity index (χ0n) is 19.0. The maximum Gasteiger partial charge on any atom is 0.339 e. The van der Waals surface area contributed by atoms with E-state index >= 15 is 0 Å². The summed E-state index contributed by atoms with van der Waals surface area (Å²) in [5, 5.41) is 2.16. The number of para-hydroxylation sites is 1. The molecule has 1 aliphatic heterocycles. The molecule has 0 radical (unpaired) electrons. The number of hydrogen-bond acceptors (Lipinski definition) is 7. The molecule has 4 amide bonds. The van der Waals surface area contributed by atoms with Gasteiger partial charge < -0.3 is 8.92 Å². The number of amides is 4. The highest BCUT2D eigenvalue weighted by atomic mass is 127. The van der Waals surface area contributed by atoms with Gasteiger partial charge in [-0.2, -0.15) is 8.42 Å². The largest absolute Gasteiger partial charge is 0.493 e. The molecule has 184 valence electrons. The first-order chi connectivity index (χ1) is 17.1. The minimum absolute atomic E-state index is 0.0210. The van der Waals surface area contributed by atoms with Gasteiger partial charge >= 0.3 is 16.1 Å². The van der Waals surface area contributed by atoms with Gasteiger partial charge in [-0.05, 0) is 77.6 Å². The number of urea groups is 1. The minimum Gasteiger partial charge on any atom is -0.493 e. The summed E-state index contributed by atoms with van der Waals surface area (Å²) in [6, 6.07) is 16.5. The van der Waals surface area contributed by atoms with E-state index in [-0.39, 0.29) is 22.0 Å². The van der Waals surface area contributed by atoms with E-state index in [4.69, 9.17) is 8.92 Å². The van der Waals surface area contributed by atoms with Crippen molar-refractivity contribution < 1.29 is 31.7 Å². The standard InChI is InChI=1S/C25H19IN2O7S/c1-15-8-10-18(11-9-15)36(32,33)35-22-20(26)13-16(14-21(22)34-2)12-19-23(29)27-25(31)28(24(19)30)17-6-4-3-5-7-17/h3-14H,1-2H3,(H,27,29,31)/b19-12+. The van der Waals surface area contributed by atoms with E-state index in [2.05, 4.69) is 5.32 Å². The molecule has 0 aliphatic carbocycles. The van der Waals surface area contributed by atoms with Crippen LogP contribution in [0.2, 0.25) is 0 Å². The molecule has 9 nitrogen and oxygen atoms in total. The number of carbonyl (C=O) groups excluding carboxylic acids is 3. The number of nitrogens with one attached hydrogen (secondary N) is 1. The van der Waals surface area contributed by atoms with Crippen LogP contribution in [0.4, 0.5) is 10.5 Å². The third-order valence-corrected chi connectivity index (χ3v) is 7.22. The van der Waals surface area contributed by atoms with Crippen molar-refractivity contribution in [2.24, 2.45) is 0 Å². The molecule has 1 fully saturated rings. The highest BCUT2D eigenvalue weighted by Gasteiger charge is 2.36. The van der Waals surface area contributed by atoms with Crippen molar-refractivity contribution in [3.05, 3.63) is 87.0 Å². The Hall–Kier alpha value is -3.71. The van der Waals surface area contributed by atoms with E-state index in [0.29, 0.717) is 14.8 Å². The number of carbonyl (C=O) groups is 3. The van der Waals surface area contributed by atoms with E-state index in [0.717, 1.165) is 10.5 Å². The number of halogens is 1. The van der Waals surface area contributed by atoms with Gasteiger partial charge in [-0.15, -0.1) is 0 Å². The maximum absolute atomic E-state index is 13.1. The van der Waals surface area contributed by atoms with Gasteiger partial charge in [0.15, 0.2) is 11.5 Å². The van der Waals surface area contributed by atoms with Crippen LogP contribution in [0.5, 0.6) is 11.5 Å². The lowest BCUT2D eigenvalue weighted by Crippen LogP contribution is -2.54. The molecule has 0 atom stereocenters. The first kappa shape index (κ1) is 25.4. The van der Waals surface area contributed by atoms with Crippen LogP contribution >= 0.6 is 22.6 Å². The lowest BCUT2D eigenvalue weighted by atomic mass is 10.1. The molecular weight excluding hydrogens is 599 g/mol. The van der Waals surface area contributed by atoms with Gasteiger partial charge in [0.25, 0.3) is 11.8 Å². The quantitative estimate of drug-likeness (QED) is 0.192. The van der Waals surface area contributed by atoms with Crippen molar-refractivity contribution in [2.45, 2.75) is 11.8 Å². The van der Waals surface area contributed by atoms with Gasteiger partial charge in [-0.25, -0.2) is 9.69 Å². The van der Waals surface area contributed by atoms with Gasteiger partial charge in [-0.1, -0.05) is 35.9 Å². The molecule has 0 saturated carbocycles. The average molecular weight is 618 g/mol. The first-order valence-corrected chi connectivity index (χ1v) is 12.9. The Morgan fingerprint density at radius 3 is 2.28 bits per heavy atom. The number of anilines is 1. The van der Waals surface area contributed by atoms with Crippen LogP contribution in [-0.4, -0.2) is 33.4 Å². The van der Waals surface area contributed by atoms with E-state index in [9.17, 15) is 22.8 Å². The smallest absolute Gasteiger partial charge is 0.339 e. The fourth-order valence-electron chi connectivity index (χ4n) is 3.40. The van der Waals surface area contributed by atoms with Crippen molar-refractivity contribution >= 4 is 62.3 Å². The molecule has 11 heteroatoms. The number of benzene rings is 3. The van der Waals surface area contributed by atoms with E-state index in [1.165, 1.54) is 37.5 Å². The molecule has 3 aromatic rings. The Morgan fingerprint density at radius 1 is 0.972 bits per heavy atom. The molecule has 1 saturated heterocycles. The van der Waals surface area contributed by atoms with Crippen molar-refractivity contribution in [1.29, 1.82) is 0 Å². The zero-order chi connectivity index (χ0) is 26.0. The maximum atomic E-state index is 13.1. The summed E-state index contributed by atoms with van der Waals surface area (Å²) >= 11 is 1.87. The number of rotatable bonds is 6. The monoisotopic (exact) mass is 618 g/mol. The third kappa shape index (κ3) is 5.11. The van der Waals surface area contributed by atoms with Crippen LogP contribution in [0.15, 0.2) is 77.2 Å². The van der Waals surface area contributed by atoms with Gasteiger partial charge in [0, 0.05) is 0 Å². The van der Waals surface area contributed by atoms with Crippen LogP contribution < -0.4 is 19.1 Å². The van der Waals surface area contributed by atoms with Crippen molar-refractivity contribution in [3.63, 3.8) is 0 Å². The Balaban J connectivity index is 1.70. The summed E-state index contributed by atoms with van der Waals surface area (Å²) in [6.07, 6.45) is 1.29. The van der Waals surface area contributed by atoms with E-state index < -0.39 is 28.0 Å². The van der Waals surface area contributed by atoms with Crippen LogP contribution in [0.25, 0.3) is 6.08 Å². The first-order valence-electron chi connectivity index (χ1n) is 10.5. The summed E-state index contributed by atoms with van der Waals surface area (Å²) in [7, 11) is -2.81. The summed E-state index contributed by atoms with van der Waals surface area (Å²) in [4.78, 5) is 38.7. The van der Waals surface area contributed by atoms with Gasteiger partial charge in [-0.3, -0.25) is 14.9 Å². The number of imide groups is 2. The van der Waals surface area contributed by atoms with Gasteiger partial charge in [0.05, 0.1) is 16.4 Å². The lowest BCUT2D eigenvalue weighted by molar-refractivity contribution is -0.122. The Bertz CT molecular complexity index is 1500. The number of methoxy groups -OCH3 is 1. The molecule has 1 N–H and O–H groups in total. The molecule has 36 heavy (non-hydrogen) atoms. The SMILES string of the molecule is COc1cc(/C=C2\C(=O)NC(=O)N(c3ccccc3)C2=O)cc(I)c1OS(=O)(=O)c1ccc(C)cc1. The summed E-state index contributed by atoms with van der Waals surface area (Å²) in [5.74, 6) is -1.62. The van der Waals surface area contributed by atoms with Crippen molar-refractivity contribution in [2.75, 3.05) is 12.0 Å². The van der Waals surface area contributed by atoms with E-state index in [1.54, 1.807) is 42.5 Å². The fourth-order valence-corrected chi connectivity index (χ4v) is 5.24. The number of barbiturate groups is 1. The van der Waals surface area contributed by atoms with Crippen LogP contribution in [0.3, 0.4) is 0 Å². The second-order valence-corrected chi connectivity index (χ2v) is 10.4. The minimum atomic E-state index is -4.15. The molecule has 0 spiro atoms. The second-order valence-electron chi connectivity index (χ2n) is 7.68. The van der Waals surface area contributed by atoms with Crippen molar-refractivity contribution in [1.82, 2.24) is 5.32 Å². The van der Waals surface area contributed by atoms with Gasteiger partial charge in [0.2, 0.25) is 0 Å². The molecule has 1 heterocycles. The van der Waals surface area contributed by atoms with Crippen LogP contribution in [0, 0.1) is 10.5 Å². The lowest BCUT2D eigenvalue weighted by Gasteiger charge is -2.26. The average Bonchev–Trinajstić information content (AvgIpc) is 2.84.